The van der Waals surface area contributed by atoms with Crippen LogP contribution in [0, 0.1) is 0 Å². The Morgan fingerprint density at radius 2 is 1.67 bits per heavy atom. The van der Waals surface area contributed by atoms with Crippen LogP contribution in [-0.4, -0.2) is 57.0 Å². The van der Waals surface area contributed by atoms with Crippen molar-refractivity contribution in [3.05, 3.63) is 41.1 Å². The van der Waals surface area contributed by atoms with Gasteiger partial charge in [-0.2, -0.15) is 0 Å². The maximum Gasteiger partial charge on any atom is 0.302 e. The van der Waals surface area contributed by atoms with E-state index in [9.17, 15) is 19.2 Å². The van der Waals surface area contributed by atoms with Crippen LogP contribution >= 0.6 is 0 Å². The normalized spacial score (nSPS) is 13.3. The summed E-state index contributed by atoms with van der Waals surface area (Å²) in [4.78, 5) is 47.4. The maximum absolute atomic E-state index is 12.8. The van der Waals surface area contributed by atoms with Crippen LogP contribution in [0.4, 0.5) is 5.69 Å². The predicted molar refractivity (Wildman–Crippen MR) is 124 cm³/mol. The summed E-state index contributed by atoms with van der Waals surface area (Å²) < 4.78 is 10.1. The molecule has 9 nitrogen and oxygen atoms in total. The lowest BCUT2D eigenvalue weighted by atomic mass is 9.90. The number of allylic oxidation sites excluding steroid dienone is 2. The number of benzene rings is 1. The molecule has 180 valence electrons. The van der Waals surface area contributed by atoms with Gasteiger partial charge in [-0.25, -0.2) is 0 Å². The maximum atomic E-state index is 12.8. The molecule has 0 radical (unpaired) electrons. The highest BCUT2D eigenvalue weighted by molar-refractivity contribution is 6.09. The molecule has 1 aromatic rings. The Balaban J connectivity index is 1.69. The van der Waals surface area contributed by atoms with Gasteiger partial charge in [-0.05, 0) is 49.9 Å². The second-order valence-corrected chi connectivity index (χ2v) is 7.70. The summed E-state index contributed by atoms with van der Waals surface area (Å²) in [6.45, 7) is 2.63. The van der Waals surface area contributed by atoms with E-state index in [1.54, 1.807) is 24.3 Å². The highest BCUT2D eigenvalue weighted by Gasteiger charge is 2.20. The molecule has 0 aliphatic heterocycles. The smallest absolute Gasteiger partial charge is 0.302 e. The van der Waals surface area contributed by atoms with Gasteiger partial charge in [0.25, 0.3) is 0 Å². The van der Waals surface area contributed by atoms with Crippen molar-refractivity contribution in [3.63, 3.8) is 0 Å². The van der Waals surface area contributed by atoms with Crippen molar-refractivity contribution in [2.75, 3.05) is 38.7 Å². The third kappa shape index (κ3) is 9.44. The number of carbonyl (C=O) groups excluding carboxylic acids is 4. The molecule has 1 aliphatic rings. The fourth-order valence-electron chi connectivity index (χ4n) is 3.47. The highest BCUT2D eigenvalue weighted by atomic mass is 16.5. The minimum absolute atomic E-state index is 0.00454. The molecule has 2 amide bonds. The number of anilines is 1. The van der Waals surface area contributed by atoms with Crippen molar-refractivity contribution < 1.29 is 28.7 Å². The zero-order chi connectivity index (χ0) is 24.1. The van der Waals surface area contributed by atoms with E-state index in [0.29, 0.717) is 37.5 Å². The van der Waals surface area contributed by atoms with Gasteiger partial charge < -0.3 is 25.4 Å². The SMILES string of the molecule is CNC1=C(C(=O)c2ccc(NC(=O)CC(=O)NCCOCCCOC(C)=O)cc2)CCCC1. The molecule has 3 N–H and O–H groups in total. The lowest BCUT2D eigenvalue weighted by molar-refractivity contribution is -0.141. The van der Waals surface area contributed by atoms with Crippen molar-refractivity contribution >= 4 is 29.3 Å². The second-order valence-electron chi connectivity index (χ2n) is 7.70. The fraction of sp³-hybridized carbons (Fsp3) is 0.500. The highest BCUT2D eigenvalue weighted by Crippen LogP contribution is 2.26. The van der Waals surface area contributed by atoms with Crippen LogP contribution < -0.4 is 16.0 Å². The van der Waals surface area contributed by atoms with E-state index in [4.69, 9.17) is 9.47 Å². The van der Waals surface area contributed by atoms with Gasteiger partial charge >= 0.3 is 5.97 Å². The van der Waals surface area contributed by atoms with Gasteiger partial charge in [0.1, 0.15) is 6.42 Å². The molecule has 0 heterocycles. The topological polar surface area (TPSA) is 123 Å². The average Bonchev–Trinajstić information content (AvgIpc) is 2.80. The van der Waals surface area contributed by atoms with Gasteiger partial charge in [0.05, 0.1) is 13.2 Å². The molecule has 1 aliphatic carbocycles. The molecule has 1 aromatic carbocycles. The third-order valence-corrected chi connectivity index (χ3v) is 5.10. The van der Waals surface area contributed by atoms with Crippen LogP contribution in [0.3, 0.4) is 0 Å². The van der Waals surface area contributed by atoms with E-state index < -0.39 is 11.8 Å². The number of Topliss-reactive ketones (excluding diaryl/α,β-unsaturated/α-hetero) is 1. The van der Waals surface area contributed by atoms with Crippen molar-refractivity contribution in [3.8, 4) is 0 Å². The number of ether oxygens (including phenoxy) is 2. The molecule has 0 saturated carbocycles. The lowest BCUT2D eigenvalue weighted by Gasteiger charge is -2.19. The number of ketones is 1. The molecule has 0 spiro atoms. The summed E-state index contributed by atoms with van der Waals surface area (Å²) in [6, 6.07) is 6.70. The first-order valence-electron chi connectivity index (χ1n) is 11.2. The number of hydrogen-bond donors (Lipinski definition) is 3. The van der Waals surface area contributed by atoms with Crippen molar-refractivity contribution in [1.82, 2.24) is 10.6 Å². The minimum Gasteiger partial charge on any atom is -0.466 e. The summed E-state index contributed by atoms with van der Waals surface area (Å²) in [6.07, 6.45) is 4.00. The van der Waals surface area contributed by atoms with Gasteiger partial charge in [-0.15, -0.1) is 0 Å². The summed E-state index contributed by atoms with van der Waals surface area (Å²) >= 11 is 0. The van der Waals surface area contributed by atoms with Gasteiger partial charge in [-0.3, -0.25) is 19.2 Å². The van der Waals surface area contributed by atoms with E-state index >= 15 is 0 Å². The van der Waals surface area contributed by atoms with Crippen LogP contribution in [0.2, 0.25) is 0 Å². The predicted octanol–water partition coefficient (Wildman–Crippen LogP) is 2.33. The quantitative estimate of drug-likeness (QED) is 0.179. The monoisotopic (exact) mass is 459 g/mol. The Morgan fingerprint density at radius 1 is 0.939 bits per heavy atom. The molecule has 0 saturated heterocycles. The molecule has 33 heavy (non-hydrogen) atoms. The van der Waals surface area contributed by atoms with Crippen LogP contribution in [0.1, 0.15) is 55.8 Å². The van der Waals surface area contributed by atoms with E-state index in [2.05, 4.69) is 16.0 Å². The molecule has 0 bridgehead atoms. The summed E-state index contributed by atoms with van der Waals surface area (Å²) in [7, 11) is 1.84. The standard InChI is InChI=1S/C24H33N3O6/c1-17(28)33-14-5-13-32-15-12-26-22(29)16-23(30)27-19-10-8-18(9-11-19)24(31)20-6-3-4-7-21(20)25-2/h8-11,25H,3-7,12-16H2,1-2H3,(H,26,29)(H,27,30). The number of nitrogens with one attached hydrogen (secondary N) is 3. The first kappa shape index (κ1) is 26.1. The molecule has 0 aromatic heterocycles. The van der Waals surface area contributed by atoms with E-state index in [1.165, 1.54) is 6.92 Å². The van der Waals surface area contributed by atoms with E-state index in [-0.39, 0.29) is 24.7 Å². The number of esters is 1. The van der Waals surface area contributed by atoms with E-state index in [0.717, 1.165) is 37.0 Å². The Bertz CT molecular complexity index is 863. The molecular weight excluding hydrogens is 426 g/mol. The largest absolute Gasteiger partial charge is 0.466 e. The molecule has 0 atom stereocenters. The van der Waals surface area contributed by atoms with Crippen LogP contribution in [-0.2, 0) is 23.9 Å². The van der Waals surface area contributed by atoms with Crippen molar-refractivity contribution in [2.45, 2.75) is 45.4 Å². The first-order chi connectivity index (χ1) is 15.9. The second kappa shape index (κ2) is 14.1. The zero-order valence-corrected chi connectivity index (χ0v) is 19.3. The Kier molecular flexibility index (Phi) is 11.1. The first-order valence-corrected chi connectivity index (χ1v) is 11.2. The molecule has 9 heteroatoms. The Hall–Kier alpha value is -3.20. The van der Waals surface area contributed by atoms with Crippen molar-refractivity contribution in [2.24, 2.45) is 0 Å². The van der Waals surface area contributed by atoms with Gasteiger partial charge in [0.2, 0.25) is 11.8 Å². The zero-order valence-electron chi connectivity index (χ0n) is 19.3. The minimum atomic E-state index is -0.443. The molecular formula is C24H33N3O6. The molecule has 0 fully saturated rings. The lowest BCUT2D eigenvalue weighted by Crippen LogP contribution is -2.30. The average molecular weight is 460 g/mol. The van der Waals surface area contributed by atoms with Gasteiger partial charge in [0, 0.05) is 56.1 Å². The van der Waals surface area contributed by atoms with E-state index in [1.807, 2.05) is 7.05 Å². The Labute approximate surface area is 194 Å². The summed E-state index contributed by atoms with van der Waals surface area (Å²) in [5, 5.41) is 8.41. The summed E-state index contributed by atoms with van der Waals surface area (Å²) in [5.74, 6) is -1.18. The number of hydrogen-bond acceptors (Lipinski definition) is 7. The van der Waals surface area contributed by atoms with Crippen LogP contribution in [0.5, 0.6) is 0 Å². The number of rotatable bonds is 13. The molecule has 2 rings (SSSR count). The van der Waals surface area contributed by atoms with Crippen LogP contribution in [0.15, 0.2) is 35.5 Å². The summed E-state index contributed by atoms with van der Waals surface area (Å²) in [5.41, 5.74) is 2.92. The number of amides is 2. The third-order valence-electron chi connectivity index (χ3n) is 5.10. The van der Waals surface area contributed by atoms with Gasteiger partial charge in [0.15, 0.2) is 5.78 Å². The Morgan fingerprint density at radius 3 is 2.36 bits per heavy atom. The van der Waals surface area contributed by atoms with Crippen LogP contribution in [0.25, 0.3) is 0 Å². The fourth-order valence-corrected chi connectivity index (χ4v) is 3.47. The van der Waals surface area contributed by atoms with Gasteiger partial charge in [-0.1, -0.05) is 0 Å². The molecule has 0 unspecified atom stereocenters. The number of carbonyl (C=O) groups is 4. The van der Waals surface area contributed by atoms with Crippen molar-refractivity contribution in [1.29, 1.82) is 0 Å².